The fraction of sp³-hybridized carbons (Fsp3) is 0.962. The average molecular weight is 493 g/mol. The Morgan fingerprint density at radius 2 is 0.833 bits per heavy atom. The third kappa shape index (κ3) is 25.9. The van der Waals surface area contributed by atoms with Crippen molar-refractivity contribution in [2.45, 2.75) is 135 Å². The monoisotopic (exact) mass is 491 g/mol. The van der Waals surface area contributed by atoms with Crippen LogP contribution in [0.5, 0.6) is 0 Å². The Morgan fingerprint density at radius 1 is 0.567 bits per heavy atom. The van der Waals surface area contributed by atoms with Gasteiger partial charge in [0.25, 0.3) is 0 Å². The summed E-state index contributed by atoms with van der Waals surface area (Å²) in [6.07, 6.45) is 28.0. The van der Waals surface area contributed by atoms with Crippen LogP contribution in [0.1, 0.15) is 135 Å². The van der Waals surface area contributed by atoms with Crippen LogP contribution >= 0.6 is 0 Å². The molecule has 0 atom stereocenters. The molecule has 0 aliphatic heterocycles. The Labute approximate surface area is 199 Å². The van der Waals surface area contributed by atoms with Crippen molar-refractivity contribution in [3.63, 3.8) is 0 Å². The Bertz CT molecular complexity index is 361. The number of hydrogen-bond donors (Lipinski definition) is 1. The van der Waals surface area contributed by atoms with Crippen molar-refractivity contribution >= 4 is 5.97 Å². The van der Waals surface area contributed by atoms with Gasteiger partial charge in [-0.15, -0.1) is 0 Å². The minimum atomic E-state index is -0.692. The van der Waals surface area contributed by atoms with Crippen LogP contribution in [0.4, 0.5) is 0 Å². The molecule has 0 heterocycles. The van der Waals surface area contributed by atoms with Gasteiger partial charge in [-0.25, -0.2) is 4.79 Å². The van der Waals surface area contributed by atoms with Crippen molar-refractivity contribution in [2.24, 2.45) is 0 Å². The standard InChI is InChI=1S/C26H53NO2.BrH/c1-4-5-6-7-8-9-10-11-12-13-14-15-16-17-18-19-20-21-22-23-24-27(2,3)25-26(28)29;/h4-25H2,1-3H3;1H. The van der Waals surface area contributed by atoms with Crippen LogP contribution in [-0.2, 0) is 4.79 Å². The molecule has 0 aromatic heterocycles. The Hall–Kier alpha value is -0.0900. The molecule has 0 spiro atoms. The molecule has 182 valence electrons. The number of aliphatic carboxylic acids is 1. The molecular formula is C26H54BrNO2. The second-order valence-electron chi connectivity index (χ2n) is 9.93. The van der Waals surface area contributed by atoms with E-state index < -0.39 is 5.97 Å². The summed E-state index contributed by atoms with van der Waals surface area (Å²) in [7, 11) is 4.04. The highest BCUT2D eigenvalue weighted by molar-refractivity contribution is 5.67. The van der Waals surface area contributed by atoms with Gasteiger partial charge in [0.2, 0.25) is 0 Å². The second kappa shape index (κ2) is 23.6. The number of carbonyl (C=O) groups is 1. The highest BCUT2D eigenvalue weighted by Crippen LogP contribution is 2.15. The molecule has 0 radical (unpaired) electrons. The number of carboxylic acid groups (broad SMARTS) is 1. The quantitative estimate of drug-likeness (QED) is 0.162. The number of likely N-dealkylation sites (N-methyl/N-ethyl adjacent to an activating group) is 1. The van der Waals surface area contributed by atoms with E-state index >= 15 is 0 Å². The maximum absolute atomic E-state index is 10.8. The molecule has 0 bridgehead atoms. The summed E-state index contributed by atoms with van der Waals surface area (Å²) in [5, 5.41) is 8.90. The van der Waals surface area contributed by atoms with Gasteiger partial charge in [0.15, 0.2) is 6.54 Å². The van der Waals surface area contributed by atoms with Crippen molar-refractivity contribution < 1.29 is 31.4 Å². The molecule has 1 N–H and O–H groups in total. The number of carboxylic acids is 1. The Morgan fingerprint density at radius 3 is 1.10 bits per heavy atom. The lowest BCUT2D eigenvalue weighted by Crippen LogP contribution is -3.00. The molecule has 3 nitrogen and oxygen atoms in total. The van der Waals surface area contributed by atoms with E-state index in [1.165, 1.54) is 122 Å². The third-order valence-corrected chi connectivity index (χ3v) is 6.18. The van der Waals surface area contributed by atoms with Crippen LogP contribution < -0.4 is 17.0 Å². The molecular weight excluding hydrogens is 438 g/mol. The number of nitrogens with zero attached hydrogens (tertiary/aromatic N) is 1. The van der Waals surface area contributed by atoms with Gasteiger partial charge in [0.05, 0.1) is 20.6 Å². The molecule has 0 aliphatic rings. The van der Waals surface area contributed by atoms with E-state index in [9.17, 15) is 4.79 Å². The topological polar surface area (TPSA) is 37.3 Å². The van der Waals surface area contributed by atoms with Crippen molar-refractivity contribution in [1.82, 2.24) is 0 Å². The lowest BCUT2D eigenvalue weighted by molar-refractivity contribution is -0.883. The van der Waals surface area contributed by atoms with Gasteiger partial charge in [-0.3, -0.25) is 0 Å². The van der Waals surface area contributed by atoms with Crippen LogP contribution in [0.25, 0.3) is 0 Å². The van der Waals surface area contributed by atoms with Crippen LogP contribution in [0.2, 0.25) is 0 Å². The average Bonchev–Trinajstić information content (AvgIpc) is 2.65. The fourth-order valence-electron chi connectivity index (χ4n) is 4.24. The summed E-state index contributed by atoms with van der Waals surface area (Å²) < 4.78 is 0.606. The van der Waals surface area contributed by atoms with E-state index in [1.807, 2.05) is 14.1 Å². The predicted molar refractivity (Wildman–Crippen MR) is 127 cm³/mol. The van der Waals surface area contributed by atoms with Gasteiger partial charge in [0.1, 0.15) is 0 Å². The fourth-order valence-corrected chi connectivity index (χ4v) is 4.24. The first-order valence-electron chi connectivity index (χ1n) is 13.0. The van der Waals surface area contributed by atoms with Crippen molar-refractivity contribution in [3.05, 3.63) is 0 Å². The number of halogens is 1. The zero-order valence-electron chi connectivity index (χ0n) is 20.7. The highest BCUT2D eigenvalue weighted by Gasteiger charge is 2.18. The van der Waals surface area contributed by atoms with Gasteiger partial charge >= 0.3 is 5.97 Å². The molecule has 30 heavy (non-hydrogen) atoms. The molecule has 4 heteroatoms. The van der Waals surface area contributed by atoms with Crippen molar-refractivity contribution in [3.8, 4) is 0 Å². The van der Waals surface area contributed by atoms with E-state index in [0.717, 1.165) is 13.0 Å². The summed E-state index contributed by atoms with van der Waals surface area (Å²) in [6, 6.07) is 0. The zero-order chi connectivity index (χ0) is 21.6. The maximum atomic E-state index is 10.8. The largest absolute Gasteiger partial charge is 1.00 e. The van der Waals surface area contributed by atoms with Crippen LogP contribution in [0.15, 0.2) is 0 Å². The highest BCUT2D eigenvalue weighted by atomic mass is 79.9. The molecule has 0 aliphatic carbocycles. The molecule has 0 aromatic carbocycles. The summed E-state index contributed by atoms with van der Waals surface area (Å²) in [4.78, 5) is 10.8. The van der Waals surface area contributed by atoms with Crippen LogP contribution in [0, 0.1) is 0 Å². The number of hydrogen-bond acceptors (Lipinski definition) is 1. The lowest BCUT2D eigenvalue weighted by Gasteiger charge is -2.27. The first-order chi connectivity index (χ1) is 14.0. The lowest BCUT2D eigenvalue weighted by atomic mass is 10.0. The molecule has 0 rings (SSSR count). The Kier molecular flexibility index (Phi) is 25.2. The van der Waals surface area contributed by atoms with Gasteiger partial charge in [-0.1, -0.05) is 122 Å². The molecule has 0 amide bonds. The molecule has 0 unspecified atom stereocenters. The van der Waals surface area contributed by atoms with Crippen molar-refractivity contribution in [1.29, 1.82) is 0 Å². The summed E-state index contributed by atoms with van der Waals surface area (Å²) in [5.41, 5.74) is 0. The summed E-state index contributed by atoms with van der Waals surface area (Å²) in [6.45, 7) is 3.50. The number of rotatable bonds is 23. The minimum Gasteiger partial charge on any atom is -1.00 e. The number of quaternary nitrogens is 1. The molecule has 0 saturated carbocycles. The molecule has 0 saturated heterocycles. The normalized spacial score (nSPS) is 11.4. The smallest absolute Gasteiger partial charge is 0.359 e. The number of unbranched alkanes of at least 4 members (excludes halogenated alkanes) is 19. The third-order valence-electron chi connectivity index (χ3n) is 6.18. The molecule has 0 fully saturated rings. The predicted octanol–water partition coefficient (Wildman–Crippen LogP) is 4.97. The van der Waals surface area contributed by atoms with Gasteiger partial charge < -0.3 is 26.6 Å². The van der Waals surface area contributed by atoms with E-state index in [0.29, 0.717) is 4.48 Å². The van der Waals surface area contributed by atoms with Gasteiger partial charge in [0, 0.05) is 0 Å². The minimum absolute atomic E-state index is 0. The maximum Gasteiger partial charge on any atom is 0.359 e. The summed E-state index contributed by atoms with van der Waals surface area (Å²) >= 11 is 0. The van der Waals surface area contributed by atoms with Crippen LogP contribution in [-0.4, -0.2) is 42.7 Å². The zero-order valence-corrected chi connectivity index (χ0v) is 22.3. The van der Waals surface area contributed by atoms with E-state index in [4.69, 9.17) is 5.11 Å². The molecule has 0 aromatic rings. The summed E-state index contributed by atoms with van der Waals surface area (Å²) in [5.74, 6) is -0.692. The van der Waals surface area contributed by atoms with E-state index in [-0.39, 0.29) is 23.5 Å². The van der Waals surface area contributed by atoms with Gasteiger partial charge in [-0.2, -0.15) is 0 Å². The van der Waals surface area contributed by atoms with E-state index in [1.54, 1.807) is 0 Å². The van der Waals surface area contributed by atoms with Crippen molar-refractivity contribution in [2.75, 3.05) is 27.2 Å². The first-order valence-corrected chi connectivity index (χ1v) is 13.0. The first kappa shape index (κ1) is 32.1. The van der Waals surface area contributed by atoms with Crippen LogP contribution in [0.3, 0.4) is 0 Å². The van der Waals surface area contributed by atoms with Gasteiger partial charge in [-0.05, 0) is 12.8 Å². The SMILES string of the molecule is CCCCCCCCCCCCCCCCCCCCCC[N+](C)(C)CC(=O)O.[Br-]. The Balaban J connectivity index is 0. The second-order valence-corrected chi connectivity index (χ2v) is 9.93. The van der Waals surface area contributed by atoms with E-state index in [2.05, 4.69) is 6.92 Å².